The molecule has 1 rings (SSSR count). The molecule has 1 unspecified atom stereocenters. The predicted molar refractivity (Wildman–Crippen MR) is 52.9 cm³/mol. The molecule has 1 atom stereocenters. The van der Waals surface area contributed by atoms with Crippen LogP contribution in [0, 0.1) is 0 Å². The van der Waals surface area contributed by atoms with E-state index in [-0.39, 0.29) is 6.61 Å². The number of carbonyl (C=O) groups is 1. The lowest BCUT2D eigenvalue weighted by atomic mass is 10.2. The maximum atomic E-state index is 10.6. The molecule has 0 saturated heterocycles. The van der Waals surface area contributed by atoms with Crippen LogP contribution in [0.25, 0.3) is 0 Å². The number of carboxylic acid groups (broad SMARTS) is 1. The van der Waals surface area contributed by atoms with Gasteiger partial charge in [0.15, 0.2) is 6.10 Å². The minimum Gasteiger partial charge on any atom is -0.479 e. The molecule has 0 amide bonds. The Kier molecular flexibility index (Phi) is 3.88. The molecule has 0 spiro atoms. The van der Waals surface area contributed by atoms with Crippen LogP contribution in [0.15, 0.2) is 43.0 Å². The minimum absolute atomic E-state index is 0.282. The van der Waals surface area contributed by atoms with Gasteiger partial charge in [0.1, 0.15) is 0 Å². The topological polar surface area (TPSA) is 46.5 Å². The highest BCUT2D eigenvalue weighted by atomic mass is 16.5. The third-order valence-corrected chi connectivity index (χ3v) is 1.73. The Balaban J connectivity index is 2.47. The van der Waals surface area contributed by atoms with Crippen molar-refractivity contribution < 1.29 is 14.6 Å². The van der Waals surface area contributed by atoms with E-state index >= 15 is 0 Å². The Bertz CT molecular complexity index is 306. The number of hydrogen-bond donors (Lipinski definition) is 1. The van der Waals surface area contributed by atoms with Crippen molar-refractivity contribution >= 4 is 5.97 Å². The van der Waals surface area contributed by atoms with E-state index in [0.29, 0.717) is 0 Å². The van der Waals surface area contributed by atoms with Crippen molar-refractivity contribution in [2.45, 2.75) is 12.7 Å². The van der Waals surface area contributed by atoms with Crippen LogP contribution in [0.2, 0.25) is 0 Å². The summed E-state index contributed by atoms with van der Waals surface area (Å²) < 4.78 is 5.12. The number of hydrogen-bond acceptors (Lipinski definition) is 2. The van der Waals surface area contributed by atoms with Crippen LogP contribution in [0.5, 0.6) is 0 Å². The van der Waals surface area contributed by atoms with Crippen molar-refractivity contribution in [1.82, 2.24) is 0 Å². The smallest absolute Gasteiger partial charge is 0.336 e. The van der Waals surface area contributed by atoms with Crippen LogP contribution >= 0.6 is 0 Å². The van der Waals surface area contributed by atoms with Crippen LogP contribution < -0.4 is 0 Å². The van der Waals surface area contributed by atoms with Crippen molar-refractivity contribution in [3.8, 4) is 0 Å². The van der Waals surface area contributed by atoms with Gasteiger partial charge in [0.05, 0.1) is 6.61 Å². The third-order valence-electron chi connectivity index (χ3n) is 1.73. The average molecular weight is 192 g/mol. The molecule has 1 N–H and O–H groups in total. The fraction of sp³-hybridized carbons (Fsp3) is 0.182. The molecule has 3 nitrogen and oxygen atoms in total. The molecule has 0 heterocycles. The zero-order chi connectivity index (χ0) is 10.4. The summed E-state index contributed by atoms with van der Waals surface area (Å²) in [6, 6.07) is 9.40. The molecule has 14 heavy (non-hydrogen) atoms. The van der Waals surface area contributed by atoms with Crippen LogP contribution in [-0.4, -0.2) is 17.2 Å². The van der Waals surface area contributed by atoms with E-state index in [1.54, 1.807) is 0 Å². The summed E-state index contributed by atoms with van der Waals surface area (Å²) in [5, 5.41) is 8.66. The van der Waals surface area contributed by atoms with Crippen molar-refractivity contribution in [2.75, 3.05) is 0 Å². The van der Waals surface area contributed by atoms with E-state index < -0.39 is 12.1 Å². The Labute approximate surface area is 82.6 Å². The maximum Gasteiger partial charge on any atom is 0.336 e. The van der Waals surface area contributed by atoms with Crippen LogP contribution in [-0.2, 0) is 16.1 Å². The summed E-state index contributed by atoms with van der Waals surface area (Å²) in [5.41, 5.74) is 0.945. The zero-order valence-electron chi connectivity index (χ0n) is 7.72. The molecule has 3 heteroatoms. The van der Waals surface area contributed by atoms with Crippen molar-refractivity contribution in [2.24, 2.45) is 0 Å². The fourth-order valence-electron chi connectivity index (χ4n) is 1.00. The normalized spacial score (nSPS) is 12.0. The summed E-state index contributed by atoms with van der Waals surface area (Å²) in [4.78, 5) is 10.6. The molecule has 0 fully saturated rings. The molecular weight excluding hydrogens is 180 g/mol. The number of carboxylic acids is 1. The van der Waals surface area contributed by atoms with Gasteiger partial charge < -0.3 is 9.84 Å². The highest BCUT2D eigenvalue weighted by molar-refractivity contribution is 5.74. The molecule has 0 bridgehead atoms. The lowest BCUT2D eigenvalue weighted by Gasteiger charge is -2.08. The van der Waals surface area contributed by atoms with Gasteiger partial charge in [0, 0.05) is 0 Å². The minimum atomic E-state index is -1.02. The van der Waals surface area contributed by atoms with Gasteiger partial charge in [-0.2, -0.15) is 0 Å². The van der Waals surface area contributed by atoms with Crippen molar-refractivity contribution in [3.05, 3.63) is 48.6 Å². The summed E-state index contributed by atoms with van der Waals surface area (Å²) >= 11 is 0. The van der Waals surface area contributed by atoms with E-state index in [9.17, 15) is 4.79 Å². The molecule has 1 aromatic carbocycles. The van der Waals surface area contributed by atoms with Crippen molar-refractivity contribution in [1.29, 1.82) is 0 Å². The molecule has 74 valence electrons. The summed E-state index contributed by atoms with van der Waals surface area (Å²) in [6.07, 6.45) is 0.334. The van der Waals surface area contributed by atoms with E-state index in [1.165, 1.54) is 6.08 Å². The fourth-order valence-corrected chi connectivity index (χ4v) is 1.00. The Morgan fingerprint density at radius 3 is 2.64 bits per heavy atom. The second-order valence-corrected chi connectivity index (χ2v) is 2.79. The third kappa shape index (κ3) is 3.03. The Morgan fingerprint density at radius 1 is 1.50 bits per heavy atom. The first kappa shape index (κ1) is 10.5. The summed E-state index contributed by atoms with van der Waals surface area (Å²) in [5.74, 6) is -1.02. The average Bonchev–Trinajstić information content (AvgIpc) is 2.20. The molecule has 0 saturated carbocycles. The van der Waals surface area contributed by atoms with Gasteiger partial charge in [-0.25, -0.2) is 4.79 Å². The quantitative estimate of drug-likeness (QED) is 0.724. The van der Waals surface area contributed by atoms with E-state index in [1.807, 2.05) is 30.3 Å². The highest BCUT2D eigenvalue weighted by Crippen LogP contribution is 2.03. The SMILES string of the molecule is C=CC(OCc1ccccc1)C(=O)O. The molecule has 0 aliphatic rings. The summed E-state index contributed by atoms with van der Waals surface area (Å²) in [6.45, 7) is 3.67. The largest absolute Gasteiger partial charge is 0.479 e. The second kappa shape index (κ2) is 5.19. The summed E-state index contributed by atoms with van der Waals surface area (Å²) in [7, 11) is 0. The van der Waals surface area contributed by atoms with Gasteiger partial charge in [-0.1, -0.05) is 43.0 Å². The highest BCUT2D eigenvalue weighted by Gasteiger charge is 2.12. The van der Waals surface area contributed by atoms with Crippen LogP contribution in [0.3, 0.4) is 0 Å². The van der Waals surface area contributed by atoms with Gasteiger partial charge in [0.2, 0.25) is 0 Å². The number of ether oxygens (including phenoxy) is 1. The molecule has 0 aliphatic heterocycles. The van der Waals surface area contributed by atoms with Crippen molar-refractivity contribution in [3.63, 3.8) is 0 Å². The second-order valence-electron chi connectivity index (χ2n) is 2.79. The van der Waals surface area contributed by atoms with Gasteiger partial charge in [-0.3, -0.25) is 0 Å². The van der Waals surface area contributed by atoms with Gasteiger partial charge in [-0.15, -0.1) is 0 Å². The Hall–Kier alpha value is -1.61. The van der Waals surface area contributed by atoms with E-state index in [2.05, 4.69) is 6.58 Å². The Morgan fingerprint density at radius 2 is 2.14 bits per heavy atom. The first-order valence-electron chi connectivity index (χ1n) is 4.25. The molecular formula is C11H12O3. The van der Waals surface area contributed by atoms with Crippen LogP contribution in [0.4, 0.5) is 0 Å². The maximum absolute atomic E-state index is 10.6. The van der Waals surface area contributed by atoms with Gasteiger partial charge in [-0.05, 0) is 5.56 Å². The molecule has 0 aliphatic carbocycles. The first-order valence-corrected chi connectivity index (χ1v) is 4.25. The molecule has 1 aromatic rings. The molecule has 0 aromatic heterocycles. The van der Waals surface area contributed by atoms with E-state index in [0.717, 1.165) is 5.56 Å². The predicted octanol–water partition coefficient (Wildman–Crippen LogP) is 1.84. The van der Waals surface area contributed by atoms with Gasteiger partial charge >= 0.3 is 5.97 Å². The van der Waals surface area contributed by atoms with Gasteiger partial charge in [0.25, 0.3) is 0 Å². The zero-order valence-corrected chi connectivity index (χ0v) is 7.72. The first-order chi connectivity index (χ1) is 6.74. The lowest BCUT2D eigenvalue weighted by Crippen LogP contribution is -2.20. The standard InChI is InChI=1S/C11H12O3/c1-2-10(11(12)13)14-8-9-6-4-3-5-7-9/h2-7,10H,1,8H2,(H,12,13). The van der Waals surface area contributed by atoms with E-state index in [4.69, 9.17) is 9.84 Å². The number of benzene rings is 1. The lowest BCUT2D eigenvalue weighted by molar-refractivity contribution is -0.147. The van der Waals surface area contributed by atoms with Crippen LogP contribution in [0.1, 0.15) is 5.56 Å². The molecule has 0 radical (unpaired) electrons. The number of aliphatic carboxylic acids is 1. The monoisotopic (exact) mass is 192 g/mol. The number of rotatable bonds is 5.